The first kappa shape index (κ1) is 11.1. The van der Waals surface area contributed by atoms with E-state index in [-0.39, 0.29) is 12.8 Å². The molecule has 86 valence electrons. The number of carbonyl (C=O) groups excluding carboxylic acids is 1. The molecule has 2 nitrogen and oxygen atoms in total. The molecule has 1 aliphatic rings. The minimum atomic E-state index is -4.76. The number of ketones is 1. The SMILES string of the molecule is O=C1Cc2ccccc2CC1OC(F)(F)F. The van der Waals surface area contributed by atoms with Crippen LogP contribution in [-0.4, -0.2) is 18.2 Å². The predicted molar refractivity (Wildman–Crippen MR) is 49.8 cm³/mol. The molecule has 1 atom stereocenters. The van der Waals surface area contributed by atoms with Crippen molar-refractivity contribution in [3.05, 3.63) is 35.4 Å². The van der Waals surface area contributed by atoms with Crippen LogP contribution in [-0.2, 0) is 22.4 Å². The van der Waals surface area contributed by atoms with Crippen LogP contribution in [0.1, 0.15) is 11.1 Å². The van der Waals surface area contributed by atoms with Gasteiger partial charge in [-0.1, -0.05) is 24.3 Å². The fourth-order valence-electron chi connectivity index (χ4n) is 1.81. The number of hydrogen-bond donors (Lipinski definition) is 0. The lowest BCUT2D eigenvalue weighted by Gasteiger charge is -2.24. The zero-order valence-corrected chi connectivity index (χ0v) is 8.25. The summed E-state index contributed by atoms with van der Waals surface area (Å²) in [6.07, 6.45) is -6.15. The van der Waals surface area contributed by atoms with Gasteiger partial charge in [0.05, 0.1) is 0 Å². The molecule has 0 saturated carbocycles. The second-order valence-corrected chi connectivity index (χ2v) is 3.67. The molecule has 0 spiro atoms. The van der Waals surface area contributed by atoms with Gasteiger partial charge in [0.25, 0.3) is 0 Å². The van der Waals surface area contributed by atoms with Gasteiger partial charge in [0.1, 0.15) is 6.10 Å². The lowest BCUT2D eigenvalue weighted by atomic mass is 9.89. The molecule has 0 N–H and O–H groups in total. The molecule has 0 radical (unpaired) electrons. The number of halogens is 3. The third kappa shape index (κ3) is 2.41. The van der Waals surface area contributed by atoms with Gasteiger partial charge in [-0.2, -0.15) is 0 Å². The number of Topliss-reactive ketones (excluding diaryl/α,β-unsaturated/α-hetero) is 1. The molecule has 16 heavy (non-hydrogen) atoms. The second kappa shape index (κ2) is 3.90. The van der Waals surface area contributed by atoms with Crippen molar-refractivity contribution in [1.29, 1.82) is 0 Å². The molecule has 1 aromatic rings. The molecule has 0 fully saturated rings. The van der Waals surface area contributed by atoms with Gasteiger partial charge in [-0.15, -0.1) is 13.2 Å². The van der Waals surface area contributed by atoms with Crippen molar-refractivity contribution in [3.8, 4) is 0 Å². The normalized spacial score (nSPS) is 20.7. The summed E-state index contributed by atoms with van der Waals surface area (Å²) in [5.74, 6) is -0.518. The zero-order valence-electron chi connectivity index (χ0n) is 8.25. The fourth-order valence-corrected chi connectivity index (χ4v) is 1.81. The quantitative estimate of drug-likeness (QED) is 0.739. The van der Waals surface area contributed by atoms with E-state index >= 15 is 0 Å². The van der Waals surface area contributed by atoms with Gasteiger partial charge < -0.3 is 0 Å². The summed E-state index contributed by atoms with van der Waals surface area (Å²) in [5, 5.41) is 0. The van der Waals surface area contributed by atoms with Crippen molar-refractivity contribution >= 4 is 5.78 Å². The lowest BCUT2D eigenvalue weighted by Crippen LogP contribution is -2.37. The average molecular weight is 230 g/mol. The minimum absolute atomic E-state index is 0.00544. The first-order valence-electron chi connectivity index (χ1n) is 4.80. The van der Waals surface area contributed by atoms with Gasteiger partial charge in [0, 0.05) is 12.8 Å². The molecule has 0 amide bonds. The average Bonchev–Trinajstić information content (AvgIpc) is 2.17. The Labute approximate surface area is 90.0 Å². The molecule has 2 rings (SSSR count). The molecule has 0 aromatic heterocycles. The van der Waals surface area contributed by atoms with Crippen molar-refractivity contribution in [3.63, 3.8) is 0 Å². The summed E-state index contributed by atoms with van der Waals surface area (Å²) in [4.78, 5) is 11.4. The molecule has 5 heteroatoms. The van der Waals surface area contributed by atoms with Crippen LogP contribution in [0, 0.1) is 0 Å². The summed E-state index contributed by atoms with van der Waals surface area (Å²) >= 11 is 0. The Morgan fingerprint density at radius 2 is 1.81 bits per heavy atom. The van der Waals surface area contributed by atoms with E-state index in [1.807, 2.05) is 0 Å². The highest BCUT2D eigenvalue weighted by Crippen LogP contribution is 2.26. The standard InChI is InChI=1S/C11H9F3O2/c12-11(13,14)16-10-6-8-4-2-1-3-7(8)5-9(10)15/h1-4,10H,5-6H2. The monoisotopic (exact) mass is 230 g/mol. The summed E-state index contributed by atoms with van der Waals surface area (Å²) in [5.41, 5.74) is 1.53. The van der Waals surface area contributed by atoms with Crippen LogP contribution in [0.5, 0.6) is 0 Å². The van der Waals surface area contributed by atoms with E-state index in [2.05, 4.69) is 4.74 Å². The van der Waals surface area contributed by atoms with E-state index in [0.29, 0.717) is 0 Å². The van der Waals surface area contributed by atoms with Crippen LogP contribution in [0.3, 0.4) is 0 Å². The molecule has 0 bridgehead atoms. The van der Waals surface area contributed by atoms with E-state index in [4.69, 9.17) is 0 Å². The molecule has 1 unspecified atom stereocenters. The summed E-state index contributed by atoms with van der Waals surface area (Å²) in [7, 11) is 0. The maximum atomic E-state index is 12.0. The third-order valence-corrected chi connectivity index (χ3v) is 2.52. The number of benzene rings is 1. The van der Waals surface area contributed by atoms with Crippen molar-refractivity contribution in [2.24, 2.45) is 0 Å². The van der Waals surface area contributed by atoms with Crippen molar-refractivity contribution in [2.75, 3.05) is 0 Å². The summed E-state index contributed by atoms with van der Waals surface area (Å²) in [6.45, 7) is 0. The van der Waals surface area contributed by atoms with Crippen molar-refractivity contribution in [1.82, 2.24) is 0 Å². The van der Waals surface area contributed by atoms with E-state index < -0.39 is 18.2 Å². The smallest absolute Gasteiger partial charge is 0.296 e. The number of alkyl halides is 3. The van der Waals surface area contributed by atoms with Gasteiger partial charge in [-0.25, -0.2) is 0 Å². The van der Waals surface area contributed by atoms with Gasteiger partial charge in [0.2, 0.25) is 0 Å². The van der Waals surface area contributed by atoms with Gasteiger partial charge in [0.15, 0.2) is 5.78 Å². The molecule has 0 heterocycles. The molecule has 1 aromatic carbocycles. The molecule has 0 saturated heterocycles. The van der Waals surface area contributed by atoms with Gasteiger partial charge in [-0.05, 0) is 11.1 Å². The number of rotatable bonds is 1. The Hall–Kier alpha value is -1.36. The summed E-state index contributed by atoms with van der Waals surface area (Å²) in [6, 6.07) is 6.96. The fraction of sp³-hybridized carbons (Fsp3) is 0.364. The zero-order chi connectivity index (χ0) is 11.8. The Morgan fingerprint density at radius 3 is 2.44 bits per heavy atom. The molecule has 0 aliphatic heterocycles. The number of carbonyl (C=O) groups is 1. The first-order chi connectivity index (χ1) is 7.46. The highest BCUT2D eigenvalue weighted by atomic mass is 19.4. The van der Waals surface area contributed by atoms with Crippen molar-refractivity contribution < 1.29 is 22.7 Å². The number of fused-ring (bicyclic) bond motifs is 1. The van der Waals surface area contributed by atoms with Gasteiger partial charge in [-0.3, -0.25) is 9.53 Å². The van der Waals surface area contributed by atoms with E-state index in [1.165, 1.54) is 0 Å². The summed E-state index contributed by atoms with van der Waals surface area (Å²) < 4.78 is 39.8. The lowest BCUT2D eigenvalue weighted by molar-refractivity contribution is -0.337. The first-order valence-corrected chi connectivity index (χ1v) is 4.80. The number of hydrogen-bond acceptors (Lipinski definition) is 2. The van der Waals surface area contributed by atoms with Crippen LogP contribution < -0.4 is 0 Å². The second-order valence-electron chi connectivity index (χ2n) is 3.67. The third-order valence-electron chi connectivity index (χ3n) is 2.52. The largest absolute Gasteiger partial charge is 0.523 e. The Kier molecular flexibility index (Phi) is 2.71. The van der Waals surface area contributed by atoms with E-state index in [1.54, 1.807) is 24.3 Å². The Bertz CT molecular complexity index is 412. The van der Waals surface area contributed by atoms with Crippen molar-refractivity contribution in [2.45, 2.75) is 25.3 Å². The van der Waals surface area contributed by atoms with Crippen LogP contribution >= 0.6 is 0 Å². The van der Waals surface area contributed by atoms with Crippen LogP contribution in [0.15, 0.2) is 24.3 Å². The van der Waals surface area contributed by atoms with Gasteiger partial charge >= 0.3 is 6.36 Å². The Morgan fingerprint density at radius 1 is 1.19 bits per heavy atom. The topological polar surface area (TPSA) is 26.3 Å². The van der Waals surface area contributed by atoms with Crippen LogP contribution in [0.25, 0.3) is 0 Å². The molecule has 1 aliphatic carbocycles. The Balaban J connectivity index is 2.18. The van der Waals surface area contributed by atoms with Crippen LogP contribution in [0.4, 0.5) is 13.2 Å². The van der Waals surface area contributed by atoms with E-state index in [9.17, 15) is 18.0 Å². The maximum Gasteiger partial charge on any atom is 0.523 e. The predicted octanol–water partition coefficient (Wildman–Crippen LogP) is 2.26. The molecular weight excluding hydrogens is 221 g/mol. The van der Waals surface area contributed by atoms with Crippen LogP contribution in [0.2, 0.25) is 0 Å². The highest BCUT2D eigenvalue weighted by Gasteiger charge is 2.38. The van der Waals surface area contributed by atoms with E-state index in [0.717, 1.165) is 11.1 Å². The minimum Gasteiger partial charge on any atom is -0.296 e. The maximum absolute atomic E-state index is 12.0. The number of ether oxygens (including phenoxy) is 1. The molecular formula is C11H9F3O2. The highest BCUT2D eigenvalue weighted by molar-refractivity contribution is 5.87.